The first kappa shape index (κ1) is 20.5. The molecule has 0 fully saturated rings. The molecule has 1 amide bonds. The molecule has 0 radical (unpaired) electrons. The Labute approximate surface area is 189 Å². The predicted molar refractivity (Wildman–Crippen MR) is 125 cm³/mol. The van der Waals surface area contributed by atoms with Gasteiger partial charge in [0.05, 0.1) is 23.6 Å². The van der Waals surface area contributed by atoms with E-state index in [1.165, 1.54) is 11.3 Å². The van der Waals surface area contributed by atoms with E-state index in [4.69, 9.17) is 9.15 Å². The van der Waals surface area contributed by atoms with Crippen LogP contribution in [-0.4, -0.2) is 17.5 Å². The first-order valence-electron chi connectivity index (χ1n) is 10.6. The third kappa shape index (κ3) is 3.39. The van der Waals surface area contributed by atoms with E-state index in [1.807, 2.05) is 42.6 Å². The molecule has 1 aliphatic heterocycles. The van der Waals surface area contributed by atoms with Crippen LogP contribution in [0.3, 0.4) is 0 Å². The molecule has 0 saturated heterocycles. The number of hydrogen-bond donors (Lipinski definition) is 0. The van der Waals surface area contributed by atoms with Crippen LogP contribution in [0, 0.1) is 6.92 Å². The SMILES string of the molecule is CCCCOc1ccc(C2c3c(oc4ccc(C)cc4c3=O)C(=O)N2c2nccs2)cc1. The minimum atomic E-state index is -0.616. The number of thiazole rings is 1. The molecule has 7 heteroatoms. The third-order valence-corrected chi connectivity index (χ3v) is 6.38. The number of anilines is 1. The lowest BCUT2D eigenvalue weighted by Gasteiger charge is -2.22. The Hall–Kier alpha value is -3.45. The van der Waals surface area contributed by atoms with Crippen molar-refractivity contribution in [3.63, 3.8) is 0 Å². The molecule has 0 bridgehead atoms. The van der Waals surface area contributed by atoms with Gasteiger partial charge in [0.1, 0.15) is 11.3 Å². The Morgan fingerprint density at radius 3 is 2.69 bits per heavy atom. The maximum absolute atomic E-state index is 13.6. The van der Waals surface area contributed by atoms with Crippen molar-refractivity contribution in [3.05, 3.63) is 86.7 Å². The standard InChI is InChI=1S/C25H22N2O4S/c1-3-4-12-30-17-8-6-16(7-9-17)21-20-22(28)18-14-15(2)5-10-19(18)31-23(20)24(29)27(21)25-26-11-13-32-25/h5-11,13-14,21H,3-4,12H2,1-2H3. The number of aryl methyl sites for hydroxylation is 1. The van der Waals surface area contributed by atoms with Crippen LogP contribution >= 0.6 is 11.3 Å². The highest BCUT2D eigenvalue weighted by molar-refractivity contribution is 7.13. The minimum Gasteiger partial charge on any atom is -0.494 e. The zero-order valence-electron chi connectivity index (χ0n) is 17.8. The van der Waals surface area contributed by atoms with Gasteiger partial charge in [0.2, 0.25) is 5.76 Å². The molecule has 0 saturated carbocycles. The molecule has 162 valence electrons. The number of ether oxygens (including phenoxy) is 1. The van der Waals surface area contributed by atoms with Gasteiger partial charge in [0, 0.05) is 11.6 Å². The van der Waals surface area contributed by atoms with Crippen molar-refractivity contribution in [2.75, 3.05) is 11.5 Å². The smallest absolute Gasteiger partial charge is 0.297 e. The van der Waals surface area contributed by atoms with Crippen LogP contribution in [-0.2, 0) is 0 Å². The predicted octanol–water partition coefficient (Wildman–Crippen LogP) is 5.49. The lowest BCUT2D eigenvalue weighted by molar-refractivity contribution is 0.0971. The van der Waals surface area contributed by atoms with Crippen LogP contribution in [0.15, 0.2) is 63.3 Å². The van der Waals surface area contributed by atoms with E-state index in [0.29, 0.717) is 28.3 Å². The number of aromatic nitrogens is 1. The Morgan fingerprint density at radius 1 is 1.16 bits per heavy atom. The van der Waals surface area contributed by atoms with E-state index in [9.17, 15) is 9.59 Å². The number of carbonyl (C=O) groups is 1. The minimum absolute atomic E-state index is 0.0785. The van der Waals surface area contributed by atoms with Crippen molar-refractivity contribution < 1.29 is 13.9 Å². The summed E-state index contributed by atoms with van der Waals surface area (Å²) in [5.41, 5.74) is 2.33. The van der Waals surface area contributed by atoms with E-state index in [1.54, 1.807) is 23.2 Å². The topological polar surface area (TPSA) is 72.6 Å². The molecule has 1 unspecified atom stereocenters. The number of nitrogens with zero attached hydrogens (tertiary/aromatic N) is 2. The molecule has 6 nitrogen and oxygen atoms in total. The second-order valence-corrected chi connectivity index (χ2v) is 8.71. The number of fused-ring (bicyclic) bond motifs is 2. The van der Waals surface area contributed by atoms with Crippen molar-refractivity contribution in [2.45, 2.75) is 32.7 Å². The van der Waals surface area contributed by atoms with Gasteiger partial charge < -0.3 is 9.15 Å². The van der Waals surface area contributed by atoms with Crippen LogP contribution in [0.1, 0.15) is 53.1 Å². The molecule has 1 atom stereocenters. The van der Waals surface area contributed by atoms with Crippen LogP contribution in [0.2, 0.25) is 0 Å². The highest BCUT2D eigenvalue weighted by atomic mass is 32.1. The Kier molecular flexibility index (Phi) is 5.27. The average Bonchev–Trinajstić information content (AvgIpc) is 3.42. The summed E-state index contributed by atoms with van der Waals surface area (Å²) < 4.78 is 11.8. The quantitative estimate of drug-likeness (QED) is 0.366. The summed E-state index contributed by atoms with van der Waals surface area (Å²) in [6.07, 6.45) is 3.69. The molecular weight excluding hydrogens is 424 g/mol. The summed E-state index contributed by atoms with van der Waals surface area (Å²) in [5.74, 6) is 0.478. The average molecular weight is 447 g/mol. The Morgan fingerprint density at radius 2 is 1.97 bits per heavy atom. The van der Waals surface area contributed by atoms with Gasteiger partial charge in [-0.3, -0.25) is 14.5 Å². The van der Waals surface area contributed by atoms with Crippen molar-refractivity contribution in [1.82, 2.24) is 4.98 Å². The van der Waals surface area contributed by atoms with E-state index in [2.05, 4.69) is 11.9 Å². The first-order chi connectivity index (χ1) is 15.6. The van der Waals surface area contributed by atoms with Gasteiger partial charge in [-0.15, -0.1) is 11.3 Å². The highest BCUT2D eigenvalue weighted by Crippen LogP contribution is 2.42. The molecule has 2 aromatic heterocycles. The fraction of sp³-hybridized carbons (Fsp3) is 0.240. The van der Waals surface area contributed by atoms with Gasteiger partial charge in [-0.2, -0.15) is 0 Å². The number of carbonyl (C=O) groups excluding carboxylic acids is 1. The summed E-state index contributed by atoms with van der Waals surface area (Å²) in [6, 6.07) is 12.3. The molecule has 0 spiro atoms. The van der Waals surface area contributed by atoms with Crippen molar-refractivity contribution in [3.8, 4) is 5.75 Å². The van der Waals surface area contributed by atoms with E-state index < -0.39 is 6.04 Å². The molecule has 2 aromatic carbocycles. The zero-order valence-corrected chi connectivity index (χ0v) is 18.6. The maximum atomic E-state index is 13.6. The molecule has 0 N–H and O–H groups in total. The zero-order chi connectivity index (χ0) is 22.2. The molecular formula is C25H22N2O4S. The summed E-state index contributed by atoms with van der Waals surface area (Å²) in [6.45, 7) is 4.69. The van der Waals surface area contributed by atoms with Crippen molar-refractivity contribution >= 4 is 33.3 Å². The summed E-state index contributed by atoms with van der Waals surface area (Å²) in [4.78, 5) is 32.9. The number of rotatable bonds is 6. The van der Waals surface area contributed by atoms with Crippen molar-refractivity contribution in [1.29, 1.82) is 0 Å². The molecule has 3 heterocycles. The summed E-state index contributed by atoms with van der Waals surface area (Å²) >= 11 is 1.35. The van der Waals surface area contributed by atoms with Crippen LogP contribution in [0.25, 0.3) is 11.0 Å². The number of unbranched alkanes of at least 4 members (excludes halogenated alkanes) is 1. The monoisotopic (exact) mass is 446 g/mol. The van der Waals surface area contributed by atoms with E-state index in [0.717, 1.165) is 29.7 Å². The Bertz CT molecular complexity index is 1340. The van der Waals surface area contributed by atoms with Gasteiger partial charge in [-0.05, 0) is 43.2 Å². The van der Waals surface area contributed by atoms with Gasteiger partial charge >= 0.3 is 0 Å². The number of hydrogen-bond acceptors (Lipinski definition) is 6. The third-order valence-electron chi connectivity index (χ3n) is 5.61. The summed E-state index contributed by atoms with van der Waals surface area (Å²) in [5, 5.41) is 2.80. The molecule has 0 aliphatic carbocycles. The molecule has 1 aliphatic rings. The second kappa shape index (κ2) is 8.24. The molecule has 32 heavy (non-hydrogen) atoms. The molecule has 5 rings (SSSR count). The van der Waals surface area contributed by atoms with Gasteiger partial charge in [-0.25, -0.2) is 4.98 Å². The normalized spacial score (nSPS) is 15.4. The fourth-order valence-electron chi connectivity index (χ4n) is 4.02. The van der Waals surface area contributed by atoms with Crippen LogP contribution in [0.4, 0.5) is 5.13 Å². The highest BCUT2D eigenvalue weighted by Gasteiger charge is 2.44. The fourth-order valence-corrected chi connectivity index (χ4v) is 4.68. The lowest BCUT2D eigenvalue weighted by atomic mass is 9.98. The van der Waals surface area contributed by atoms with Gasteiger partial charge in [-0.1, -0.05) is 37.1 Å². The first-order valence-corrected chi connectivity index (χ1v) is 11.5. The van der Waals surface area contributed by atoms with Crippen LogP contribution in [0.5, 0.6) is 5.75 Å². The number of benzene rings is 2. The maximum Gasteiger partial charge on any atom is 0.297 e. The largest absolute Gasteiger partial charge is 0.494 e. The second-order valence-electron chi connectivity index (χ2n) is 7.84. The van der Waals surface area contributed by atoms with Gasteiger partial charge in [0.25, 0.3) is 5.91 Å². The van der Waals surface area contributed by atoms with Crippen LogP contribution < -0.4 is 15.1 Å². The summed E-state index contributed by atoms with van der Waals surface area (Å²) in [7, 11) is 0. The Balaban J connectivity index is 1.66. The molecule has 4 aromatic rings. The van der Waals surface area contributed by atoms with E-state index in [-0.39, 0.29) is 17.1 Å². The van der Waals surface area contributed by atoms with Crippen molar-refractivity contribution in [2.24, 2.45) is 0 Å². The van der Waals surface area contributed by atoms with E-state index >= 15 is 0 Å². The van der Waals surface area contributed by atoms with Gasteiger partial charge in [0.15, 0.2) is 10.6 Å². The number of amides is 1. The lowest BCUT2D eigenvalue weighted by Crippen LogP contribution is -2.29.